The first-order valence-electron chi connectivity index (χ1n) is 4.33. The van der Waals surface area contributed by atoms with Crippen LogP contribution in [0.1, 0.15) is 0 Å². The van der Waals surface area contributed by atoms with Crippen LogP contribution in [0.3, 0.4) is 0 Å². The van der Waals surface area contributed by atoms with E-state index in [0.717, 1.165) is 16.3 Å². The van der Waals surface area contributed by atoms with Crippen molar-refractivity contribution < 1.29 is 0 Å². The number of aromatic nitrogens is 3. The molecule has 3 nitrogen and oxygen atoms in total. The van der Waals surface area contributed by atoms with Crippen LogP contribution in [0.15, 0.2) is 36.4 Å². The molecule has 0 spiro atoms. The highest BCUT2D eigenvalue weighted by Crippen LogP contribution is 2.19. The molecule has 1 aromatic heterocycles. The first kappa shape index (κ1) is 7.38. The Morgan fingerprint density at radius 3 is 2.64 bits per heavy atom. The van der Waals surface area contributed by atoms with Crippen molar-refractivity contribution in [3.63, 3.8) is 0 Å². The number of hydrogen-bond acceptors (Lipinski definition) is 3. The van der Waals surface area contributed by atoms with Gasteiger partial charge in [-0.25, -0.2) is 0 Å². The van der Waals surface area contributed by atoms with Gasteiger partial charge in [0.05, 0.1) is 5.52 Å². The van der Waals surface area contributed by atoms with E-state index in [1.54, 1.807) is 0 Å². The van der Waals surface area contributed by atoms with Crippen LogP contribution in [0, 0.1) is 6.20 Å². The molecule has 14 heavy (non-hydrogen) atoms. The number of rotatable bonds is 0. The van der Waals surface area contributed by atoms with Crippen LogP contribution in [0.25, 0.3) is 21.7 Å². The second-order valence-corrected chi connectivity index (χ2v) is 3.12. The molecule has 0 saturated heterocycles. The quantitative estimate of drug-likeness (QED) is 0.496. The molecule has 0 saturated carbocycles. The zero-order valence-electron chi connectivity index (χ0n) is 7.31. The Hall–Kier alpha value is -2.03. The van der Waals surface area contributed by atoms with Gasteiger partial charge in [-0.2, -0.15) is 0 Å². The minimum Gasteiger partial charge on any atom is -0.130 e. The van der Waals surface area contributed by atoms with E-state index in [9.17, 15) is 0 Å². The van der Waals surface area contributed by atoms with Gasteiger partial charge in [0.1, 0.15) is 6.20 Å². The van der Waals surface area contributed by atoms with E-state index in [4.69, 9.17) is 0 Å². The van der Waals surface area contributed by atoms with Gasteiger partial charge in [0.25, 0.3) is 0 Å². The summed E-state index contributed by atoms with van der Waals surface area (Å²) in [6.07, 6.45) is 2.82. The summed E-state index contributed by atoms with van der Waals surface area (Å²) in [6.45, 7) is 0. The van der Waals surface area contributed by atoms with Crippen molar-refractivity contribution in [2.45, 2.75) is 0 Å². The van der Waals surface area contributed by atoms with Gasteiger partial charge in [-0.3, -0.25) is 0 Å². The van der Waals surface area contributed by atoms with Crippen molar-refractivity contribution in [3.8, 4) is 0 Å². The average molecular weight is 180 g/mol. The molecule has 2 aromatic carbocycles. The summed E-state index contributed by atoms with van der Waals surface area (Å²) in [6, 6.07) is 12.1. The fourth-order valence-electron chi connectivity index (χ4n) is 1.55. The molecular formula is C11H6N3. The van der Waals surface area contributed by atoms with Crippen LogP contribution in [-0.2, 0) is 0 Å². The molecule has 3 heteroatoms. The van der Waals surface area contributed by atoms with Crippen LogP contribution < -0.4 is 0 Å². The van der Waals surface area contributed by atoms with Crippen LogP contribution in [-0.4, -0.2) is 15.4 Å². The second kappa shape index (κ2) is 2.73. The van der Waals surface area contributed by atoms with Gasteiger partial charge in [-0.1, -0.05) is 24.3 Å². The summed E-state index contributed by atoms with van der Waals surface area (Å²) < 4.78 is 0. The summed E-state index contributed by atoms with van der Waals surface area (Å²) >= 11 is 0. The Bertz CT molecular complexity index is 499. The van der Waals surface area contributed by atoms with E-state index < -0.39 is 0 Å². The fourth-order valence-corrected chi connectivity index (χ4v) is 1.55. The van der Waals surface area contributed by atoms with Gasteiger partial charge in [0, 0.05) is 5.39 Å². The molecule has 0 N–H and O–H groups in total. The maximum atomic E-state index is 3.94. The minimum atomic E-state index is 0.832. The Morgan fingerprint density at radius 1 is 1.00 bits per heavy atom. The molecule has 1 radical (unpaired) electrons. The van der Waals surface area contributed by atoms with Gasteiger partial charge in [0.15, 0.2) is 0 Å². The van der Waals surface area contributed by atoms with E-state index >= 15 is 0 Å². The van der Waals surface area contributed by atoms with E-state index in [2.05, 4.69) is 33.7 Å². The molecule has 0 unspecified atom stereocenters. The smallest absolute Gasteiger partial charge is 0.125 e. The predicted octanol–water partition coefficient (Wildman–Crippen LogP) is 1.98. The van der Waals surface area contributed by atoms with Gasteiger partial charge >= 0.3 is 0 Å². The first-order valence-corrected chi connectivity index (χ1v) is 4.33. The molecule has 0 aliphatic heterocycles. The number of fused-ring (bicyclic) bond motifs is 2. The Balaban J connectivity index is 2.52. The maximum Gasteiger partial charge on any atom is 0.125 e. The number of benzene rings is 2. The fraction of sp³-hybridized carbons (Fsp3) is 0. The Labute approximate surface area is 80.4 Å². The third kappa shape index (κ3) is 1.03. The molecular weight excluding hydrogens is 174 g/mol. The molecule has 1 heterocycles. The largest absolute Gasteiger partial charge is 0.130 e. The second-order valence-electron chi connectivity index (χ2n) is 3.12. The first-order chi connectivity index (χ1) is 6.93. The average Bonchev–Trinajstić information content (AvgIpc) is 2.26. The molecule has 0 fully saturated rings. The van der Waals surface area contributed by atoms with Crippen molar-refractivity contribution >= 4 is 21.7 Å². The minimum absolute atomic E-state index is 0.832. The molecule has 65 valence electrons. The third-order valence-electron chi connectivity index (χ3n) is 2.23. The van der Waals surface area contributed by atoms with Gasteiger partial charge in [0.2, 0.25) is 0 Å². The molecule has 0 bridgehead atoms. The summed E-state index contributed by atoms with van der Waals surface area (Å²) in [7, 11) is 0. The lowest BCUT2D eigenvalue weighted by atomic mass is 10.1. The summed E-state index contributed by atoms with van der Waals surface area (Å²) in [5, 5.41) is 14.4. The Morgan fingerprint density at radius 2 is 1.79 bits per heavy atom. The van der Waals surface area contributed by atoms with Crippen molar-refractivity contribution in [2.24, 2.45) is 0 Å². The summed E-state index contributed by atoms with van der Waals surface area (Å²) in [5.74, 6) is 0. The Kier molecular flexibility index (Phi) is 1.44. The molecule has 3 rings (SSSR count). The van der Waals surface area contributed by atoms with Crippen LogP contribution in [0.4, 0.5) is 0 Å². The molecule has 3 aromatic rings. The standard InChI is InChI=1S/C11H6N3/c1-2-4-9-6-11-10(5-8(9)3-1)7-12-14-13-11/h1-6H. The van der Waals surface area contributed by atoms with Gasteiger partial charge in [-0.15, -0.1) is 10.2 Å². The normalized spacial score (nSPS) is 10.9. The maximum absolute atomic E-state index is 3.94. The lowest BCUT2D eigenvalue weighted by Gasteiger charge is -1.98. The lowest BCUT2D eigenvalue weighted by molar-refractivity contribution is 0.891. The lowest BCUT2D eigenvalue weighted by Crippen LogP contribution is -1.87. The third-order valence-corrected chi connectivity index (χ3v) is 2.23. The molecule has 0 aliphatic rings. The molecule has 0 amide bonds. The molecule has 0 aliphatic carbocycles. The zero-order chi connectivity index (χ0) is 9.38. The van der Waals surface area contributed by atoms with Crippen molar-refractivity contribution in [1.29, 1.82) is 0 Å². The van der Waals surface area contributed by atoms with Gasteiger partial charge < -0.3 is 0 Å². The van der Waals surface area contributed by atoms with E-state index in [0.29, 0.717) is 0 Å². The highest BCUT2D eigenvalue weighted by atomic mass is 15.3. The summed E-state index contributed by atoms with van der Waals surface area (Å²) in [5.41, 5.74) is 0.832. The number of hydrogen-bond donors (Lipinski definition) is 0. The van der Waals surface area contributed by atoms with Crippen LogP contribution in [0.2, 0.25) is 0 Å². The SMILES string of the molecule is [c]1nnnc2cc3ccccc3cc12. The van der Waals surface area contributed by atoms with Crippen molar-refractivity contribution in [1.82, 2.24) is 15.4 Å². The summed E-state index contributed by atoms with van der Waals surface area (Å²) in [4.78, 5) is 0. The van der Waals surface area contributed by atoms with Crippen LogP contribution in [0.5, 0.6) is 0 Å². The predicted molar refractivity (Wildman–Crippen MR) is 53.7 cm³/mol. The van der Waals surface area contributed by atoms with Gasteiger partial charge in [-0.05, 0) is 28.1 Å². The van der Waals surface area contributed by atoms with Crippen molar-refractivity contribution in [2.75, 3.05) is 0 Å². The zero-order valence-corrected chi connectivity index (χ0v) is 7.31. The topological polar surface area (TPSA) is 38.7 Å². The van der Waals surface area contributed by atoms with E-state index in [1.165, 1.54) is 5.39 Å². The monoisotopic (exact) mass is 180 g/mol. The van der Waals surface area contributed by atoms with E-state index in [-0.39, 0.29) is 0 Å². The van der Waals surface area contributed by atoms with E-state index in [1.807, 2.05) is 24.3 Å². The molecule has 0 atom stereocenters. The van der Waals surface area contributed by atoms with Crippen molar-refractivity contribution in [3.05, 3.63) is 42.6 Å². The van der Waals surface area contributed by atoms with Crippen LogP contribution >= 0.6 is 0 Å². The highest BCUT2D eigenvalue weighted by Gasteiger charge is 1.98. The number of nitrogens with zero attached hydrogens (tertiary/aromatic N) is 3. The highest BCUT2D eigenvalue weighted by molar-refractivity contribution is 5.95.